The topological polar surface area (TPSA) is 49.8 Å². The van der Waals surface area contributed by atoms with E-state index >= 15 is 0 Å². The third kappa shape index (κ3) is 4.63. The summed E-state index contributed by atoms with van der Waals surface area (Å²) in [5.74, 6) is -0.476. The normalized spacial score (nSPS) is 17.7. The van der Waals surface area contributed by atoms with Gasteiger partial charge in [-0.2, -0.15) is 13.2 Å². The number of alkyl halides is 3. The van der Waals surface area contributed by atoms with Crippen molar-refractivity contribution in [2.24, 2.45) is 5.92 Å². The highest BCUT2D eigenvalue weighted by Gasteiger charge is 2.44. The average molecular weight is 345 g/mol. The van der Waals surface area contributed by atoms with Gasteiger partial charge in [0.15, 0.2) is 12.7 Å². The highest BCUT2D eigenvalue weighted by molar-refractivity contribution is 5.77. The Morgan fingerprint density at radius 3 is 2.54 bits per heavy atom. The fraction of sp³-hybridized carbons (Fsp3) is 0.588. The monoisotopic (exact) mass is 345 g/mol. The zero-order valence-electron chi connectivity index (χ0n) is 13.8. The molecule has 1 unspecified atom stereocenters. The maximum absolute atomic E-state index is 12.5. The number of piperidine rings is 1. The van der Waals surface area contributed by atoms with Crippen molar-refractivity contribution in [2.75, 3.05) is 19.7 Å². The number of aryl methyl sites for hydroxylation is 2. The van der Waals surface area contributed by atoms with Crippen LogP contribution >= 0.6 is 0 Å². The summed E-state index contributed by atoms with van der Waals surface area (Å²) in [5, 5.41) is 9.29. The number of amides is 1. The van der Waals surface area contributed by atoms with Crippen molar-refractivity contribution in [3.8, 4) is 5.75 Å². The average Bonchev–Trinajstić information content (AvgIpc) is 2.54. The van der Waals surface area contributed by atoms with Crippen molar-refractivity contribution in [1.82, 2.24) is 4.90 Å². The van der Waals surface area contributed by atoms with Crippen LogP contribution in [0.25, 0.3) is 0 Å². The van der Waals surface area contributed by atoms with Crippen LogP contribution in [0.5, 0.6) is 5.75 Å². The molecule has 1 aromatic rings. The van der Waals surface area contributed by atoms with Gasteiger partial charge in [-0.3, -0.25) is 4.79 Å². The van der Waals surface area contributed by atoms with Crippen molar-refractivity contribution < 1.29 is 27.8 Å². The van der Waals surface area contributed by atoms with E-state index in [9.17, 15) is 23.1 Å². The second-order valence-electron chi connectivity index (χ2n) is 6.26. The summed E-state index contributed by atoms with van der Waals surface area (Å²) in [6, 6.07) is 5.69. The van der Waals surface area contributed by atoms with E-state index in [1.54, 1.807) is 0 Å². The minimum Gasteiger partial charge on any atom is -0.483 e. The van der Waals surface area contributed by atoms with Gasteiger partial charge in [-0.05, 0) is 49.8 Å². The fourth-order valence-electron chi connectivity index (χ4n) is 2.83. The number of aliphatic hydroxyl groups excluding tert-OH is 1. The molecule has 0 aromatic heterocycles. The molecule has 0 spiro atoms. The lowest BCUT2D eigenvalue weighted by molar-refractivity contribution is -0.223. The number of carbonyl (C=O) groups excluding carboxylic acids is 1. The van der Waals surface area contributed by atoms with Gasteiger partial charge in [0, 0.05) is 13.1 Å². The second kappa shape index (κ2) is 7.42. The number of hydrogen-bond donors (Lipinski definition) is 1. The van der Waals surface area contributed by atoms with Gasteiger partial charge in [-0.1, -0.05) is 12.1 Å². The lowest BCUT2D eigenvalue weighted by atomic mass is 9.91. The molecule has 7 heteroatoms. The lowest BCUT2D eigenvalue weighted by Gasteiger charge is -2.34. The molecular formula is C17H22F3NO3. The molecule has 1 saturated heterocycles. The summed E-state index contributed by atoms with van der Waals surface area (Å²) in [4.78, 5) is 13.6. The summed E-state index contributed by atoms with van der Waals surface area (Å²) in [6.07, 6.45) is -6.66. The van der Waals surface area contributed by atoms with Crippen molar-refractivity contribution in [3.05, 3.63) is 29.3 Å². The van der Waals surface area contributed by atoms with Gasteiger partial charge in [0.1, 0.15) is 5.75 Å². The molecule has 0 saturated carbocycles. The third-order valence-corrected chi connectivity index (χ3v) is 4.37. The number of benzene rings is 1. The van der Waals surface area contributed by atoms with Crippen LogP contribution in [0.4, 0.5) is 13.2 Å². The number of likely N-dealkylation sites (tertiary alicyclic amines) is 1. The second-order valence-corrected chi connectivity index (χ2v) is 6.26. The molecule has 1 aromatic carbocycles. The third-order valence-electron chi connectivity index (χ3n) is 4.37. The largest absolute Gasteiger partial charge is 0.483 e. The van der Waals surface area contributed by atoms with E-state index in [0.29, 0.717) is 5.75 Å². The smallest absolute Gasteiger partial charge is 0.414 e. The fourth-order valence-corrected chi connectivity index (χ4v) is 2.83. The quantitative estimate of drug-likeness (QED) is 0.913. The molecule has 1 aliphatic heterocycles. The van der Waals surface area contributed by atoms with Crippen LogP contribution in [0.1, 0.15) is 24.0 Å². The first kappa shape index (κ1) is 18.6. The van der Waals surface area contributed by atoms with Crippen LogP contribution in [0, 0.1) is 19.8 Å². The molecule has 2 rings (SSSR count). The minimum atomic E-state index is -4.61. The Morgan fingerprint density at radius 2 is 1.96 bits per heavy atom. The van der Waals surface area contributed by atoms with E-state index < -0.39 is 18.2 Å². The molecule has 1 heterocycles. The van der Waals surface area contributed by atoms with E-state index in [1.807, 2.05) is 32.0 Å². The molecule has 0 radical (unpaired) electrons. The van der Waals surface area contributed by atoms with E-state index in [4.69, 9.17) is 4.74 Å². The van der Waals surface area contributed by atoms with Crippen molar-refractivity contribution in [2.45, 2.75) is 39.0 Å². The summed E-state index contributed by atoms with van der Waals surface area (Å²) in [5.41, 5.74) is 1.94. The molecular weight excluding hydrogens is 323 g/mol. The Kier molecular flexibility index (Phi) is 5.74. The maximum Gasteiger partial charge on any atom is 0.414 e. The highest BCUT2D eigenvalue weighted by Crippen LogP contribution is 2.31. The van der Waals surface area contributed by atoms with Gasteiger partial charge in [-0.15, -0.1) is 0 Å². The first-order valence-electron chi connectivity index (χ1n) is 7.91. The van der Waals surface area contributed by atoms with E-state index in [0.717, 1.165) is 11.1 Å². The number of carbonyl (C=O) groups is 1. The van der Waals surface area contributed by atoms with Crippen LogP contribution in [-0.2, 0) is 4.79 Å². The number of halogens is 3. The number of rotatable bonds is 4. The van der Waals surface area contributed by atoms with Gasteiger partial charge in [0.2, 0.25) is 0 Å². The van der Waals surface area contributed by atoms with Gasteiger partial charge >= 0.3 is 6.18 Å². The molecule has 1 N–H and O–H groups in total. The Bertz CT molecular complexity index is 581. The molecule has 1 amide bonds. The number of nitrogens with zero attached hydrogens (tertiary/aromatic N) is 1. The molecule has 4 nitrogen and oxygen atoms in total. The molecule has 1 aliphatic rings. The minimum absolute atomic E-state index is 0.135. The van der Waals surface area contributed by atoms with Crippen molar-refractivity contribution >= 4 is 5.91 Å². The van der Waals surface area contributed by atoms with Crippen LogP contribution < -0.4 is 4.74 Å². The zero-order chi connectivity index (χ0) is 17.9. The number of ether oxygens (including phenoxy) is 1. The zero-order valence-corrected chi connectivity index (χ0v) is 13.8. The predicted octanol–water partition coefficient (Wildman–Crippen LogP) is 2.84. The molecule has 1 atom stereocenters. The van der Waals surface area contributed by atoms with Gasteiger partial charge in [0.25, 0.3) is 5.91 Å². The van der Waals surface area contributed by atoms with Crippen molar-refractivity contribution in [3.63, 3.8) is 0 Å². The molecule has 1 fully saturated rings. The molecule has 134 valence electrons. The SMILES string of the molecule is Cc1ccc(C)c(OCC(=O)N2CCC(C(O)C(F)(F)F)CC2)c1. The number of hydrogen-bond acceptors (Lipinski definition) is 3. The van der Waals surface area contributed by atoms with Gasteiger partial charge < -0.3 is 14.7 Å². The Morgan fingerprint density at radius 1 is 1.33 bits per heavy atom. The summed E-state index contributed by atoms with van der Waals surface area (Å²) in [6.45, 7) is 4.06. The summed E-state index contributed by atoms with van der Waals surface area (Å²) < 4.78 is 43.1. The lowest BCUT2D eigenvalue weighted by Crippen LogP contribution is -2.46. The van der Waals surface area contributed by atoms with Crippen LogP contribution in [0.2, 0.25) is 0 Å². The Hall–Kier alpha value is -1.76. The summed E-state index contributed by atoms with van der Waals surface area (Å²) >= 11 is 0. The Labute approximate surface area is 139 Å². The van der Waals surface area contributed by atoms with Crippen molar-refractivity contribution in [1.29, 1.82) is 0 Å². The van der Waals surface area contributed by atoms with E-state index in [-0.39, 0.29) is 38.4 Å². The van der Waals surface area contributed by atoms with Gasteiger partial charge in [-0.25, -0.2) is 0 Å². The van der Waals surface area contributed by atoms with Crippen LogP contribution in [0.15, 0.2) is 18.2 Å². The standard InChI is InChI=1S/C17H22F3NO3/c1-11-3-4-12(2)14(9-11)24-10-15(22)21-7-5-13(6-8-21)16(23)17(18,19)20/h3-4,9,13,16,23H,5-8,10H2,1-2H3. The van der Waals surface area contributed by atoms with E-state index in [1.165, 1.54) is 4.90 Å². The first-order chi connectivity index (χ1) is 11.2. The van der Waals surface area contributed by atoms with E-state index in [2.05, 4.69) is 0 Å². The van der Waals surface area contributed by atoms with Crippen LogP contribution in [0.3, 0.4) is 0 Å². The van der Waals surface area contributed by atoms with Gasteiger partial charge in [0.05, 0.1) is 0 Å². The molecule has 0 bridgehead atoms. The first-order valence-corrected chi connectivity index (χ1v) is 7.91. The summed E-state index contributed by atoms with van der Waals surface area (Å²) in [7, 11) is 0. The maximum atomic E-state index is 12.5. The Balaban J connectivity index is 1.84. The highest BCUT2D eigenvalue weighted by atomic mass is 19.4. The molecule has 0 aliphatic carbocycles. The number of aliphatic hydroxyl groups is 1. The van der Waals surface area contributed by atoms with Crippen LogP contribution in [-0.4, -0.2) is 47.9 Å². The predicted molar refractivity (Wildman–Crippen MR) is 82.8 cm³/mol. The molecule has 24 heavy (non-hydrogen) atoms.